The summed E-state index contributed by atoms with van der Waals surface area (Å²) in [6.07, 6.45) is 0. The van der Waals surface area contributed by atoms with Gasteiger partial charge in [-0.3, -0.25) is 0 Å². The highest BCUT2D eigenvalue weighted by Crippen LogP contribution is 1.95. The smallest absolute Gasteiger partial charge is 0.0380 e. The molecule has 0 N–H and O–H groups in total. The van der Waals surface area contributed by atoms with Crippen LogP contribution in [0.25, 0.3) is 10.4 Å². The van der Waals surface area contributed by atoms with E-state index in [1.807, 2.05) is 6.92 Å². The lowest BCUT2D eigenvalue weighted by atomic mass is 10.5. The van der Waals surface area contributed by atoms with Crippen molar-refractivity contribution in [2.45, 2.75) is 11.8 Å². The molecule has 1 atom stereocenters. The third kappa shape index (κ3) is 5.79. The van der Waals surface area contributed by atoms with Crippen molar-refractivity contribution in [3.05, 3.63) is 10.4 Å². The Morgan fingerprint density at radius 3 is 2.71 bits per heavy atom. The SMILES string of the molecule is CC(Br)CN=[N+]=[N-]. The molecule has 40 valence electrons. The van der Waals surface area contributed by atoms with Crippen molar-refractivity contribution in [1.82, 2.24) is 0 Å². The van der Waals surface area contributed by atoms with E-state index in [-0.39, 0.29) is 0 Å². The Kier molecular flexibility index (Phi) is 3.84. The van der Waals surface area contributed by atoms with Crippen molar-refractivity contribution in [3.8, 4) is 0 Å². The molecule has 0 rings (SSSR count). The van der Waals surface area contributed by atoms with Crippen LogP contribution in [-0.2, 0) is 0 Å². The van der Waals surface area contributed by atoms with E-state index >= 15 is 0 Å². The highest BCUT2D eigenvalue weighted by molar-refractivity contribution is 9.09. The zero-order chi connectivity index (χ0) is 5.70. The lowest BCUT2D eigenvalue weighted by Gasteiger charge is -1.88. The van der Waals surface area contributed by atoms with Gasteiger partial charge in [-0.25, -0.2) is 0 Å². The summed E-state index contributed by atoms with van der Waals surface area (Å²) in [7, 11) is 0. The van der Waals surface area contributed by atoms with Crippen molar-refractivity contribution >= 4 is 15.9 Å². The summed E-state index contributed by atoms with van der Waals surface area (Å²) in [5, 5.41) is 3.30. The summed E-state index contributed by atoms with van der Waals surface area (Å²) in [6.45, 7) is 2.45. The first-order chi connectivity index (χ1) is 3.27. The third-order valence-corrected chi connectivity index (χ3v) is 0.686. The van der Waals surface area contributed by atoms with Crippen molar-refractivity contribution in [2.75, 3.05) is 6.54 Å². The molecule has 0 spiro atoms. The van der Waals surface area contributed by atoms with E-state index in [1.165, 1.54) is 0 Å². The molecule has 0 aliphatic rings. The van der Waals surface area contributed by atoms with Gasteiger partial charge in [-0.1, -0.05) is 28.0 Å². The normalized spacial score (nSPS) is 12.3. The fourth-order valence-electron chi connectivity index (χ4n) is 0.149. The second-order valence-electron chi connectivity index (χ2n) is 1.19. The van der Waals surface area contributed by atoms with Crippen LogP contribution in [-0.4, -0.2) is 11.4 Å². The Labute approximate surface area is 50.5 Å². The molecule has 0 heterocycles. The van der Waals surface area contributed by atoms with Gasteiger partial charge in [0, 0.05) is 16.3 Å². The van der Waals surface area contributed by atoms with Crippen LogP contribution in [0.2, 0.25) is 0 Å². The number of hydrogen-bond donors (Lipinski definition) is 0. The van der Waals surface area contributed by atoms with Gasteiger partial charge in [-0.05, 0) is 5.53 Å². The largest absolute Gasteiger partial charge is 0.0928 e. The van der Waals surface area contributed by atoms with Gasteiger partial charge in [0.15, 0.2) is 0 Å². The van der Waals surface area contributed by atoms with Crippen LogP contribution in [0, 0.1) is 0 Å². The van der Waals surface area contributed by atoms with Gasteiger partial charge in [0.25, 0.3) is 0 Å². The molecule has 0 aliphatic heterocycles. The maximum absolute atomic E-state index is 7.75. The second-order valence-corrected chi connectivity index (χ2v) is 2.76. The van der Waals surface area contributed by atoms with Crippen molar-refractivity contribution in [3.63, 3.8) is 0 Å². The monoisotopic (exact) mass is 163 g/mol. The van der Waals surface area contributed by atoms with Crippen LogP contribution < -0.4 is 0 Å². The number of nitrogens with zero attached hydrogens (tertiary/aromatic N) is 3. The average molecular weight is 164 g/mol. The molecular formula is C3H6BrN3. The molecule has 0 radical (unpaired) electrons. The standard InChI is InChI=1S/C3H6BrN3/c1-3(4)2-6-7-5/h3H,2H2,1H3. The molecule has 0 aromatic heterocycles. The predicted octanol–water partition coefficient (Wildman–Crippen LogP) is 2.08. The second kappa shape index (κ2) is 3.96. The molecule has 0 amide bonds. The first-order valence-corrected chi connectivity index (χ1v) is 2.84. The molecule has 0 fully saturated rings. The van der Waals surface area contributed by atoms with Crippen LogP contribution in [0.15, 0.2) is 5.11 Å². The van der Waals surface area contributed by atoms with E-state index in [9.17, 15) is 0 Å². The number of azide groups is 1. The van der Waals surface area contributed by atoms with Crippen LogP contribution in [0.3, 0.4) is 0 Å². The van der Waals surface area contributed by atoms with Crippen molar-refractivity contribution in [1.29, 1.82) is 0 Å². The van der Waals surface area contributed by atoms with Crippen LogP contribution in [0.1, 0.15) is 6.92 Å². The summed E-state index contributed by atoms with van der Waals surface area (Å²) >= 11 is 3.21. The molecule has 0 aliphatic carbocycles. The van der Waals surface area contributed by atoms with E-state index in [0.29, 0.717) is 11.4 Å². The van der Waals surface area contributed by atoms with E-state index in [4.69, 9.17) is 5.53 Å². The molecule has 0 aromatic carbocycles. The zero-order valence-electron chi connectivity index (χ0n) is 4.00. The van der Waals surface area contributed by atoms with Crippen LogP contribution >= 0.6 is 15.9 Å². The molecular weight excluding hydrogens is 158 g/mol. The van der Waals surface area contributed by atoms with E-state index < -0.39 is 0 Å². The molecule has 0 aromatic rings. The minimum atomic E-state index is 0.295. The van der Waals surface area contributed by atoms with Crippen LogP contribution in [0.5, 0.6) is 0 Å². The molecule has 3 nitrogen and oxygen atoms in total. The summed E-state index contributed by atoms with van der Waals surface area (Å²) in [5.74, 6) is 0. The third-order valence-electron chi connectivity index (χ3n) is 0.396. The Morgan fingerprint density at radius 2 is 2.57 bits per heavy atom. The van der Waals surface area contributed by atoms with Gasteiger partial charge in [0.05, 0.1) is 0 Å². The summed E-state index contributed by atoms with van der Waals surface area (Å²) in [4.78, 5) is 2.87. The summed E-state index contributed by atoms with van der Waals surface area (Å²) in [6, 6.07) is 0. The fraction of sp³-hybridized carbons (Fsp3) is 1.00. The number of alkyl halides is 1. The Hall–Kier alpha value is -0.210. The van der Waals surface area contributed by atoms with Crippen molar-refractivity contribution in [2.24, 2.45) is 5.11 Å². The van der Waals surface area contributed by atoms with Crippen molar-refractivity contribution < 1.29 is 0 Å². The van der Waals surface area contributed by atoms with Crippen LogP contribution in [0.4, 0.5) is 0 Å². The van der Waals surface area contributed by atoms with E-state index in [2.05, 4.69) is 26.0 Å². The number of hydrogen-bond acceptors (Lipinski definition) is 1. The van der Waals surface area contributed by atoms with Gasteiger partial charge < -0.3 is 0 Å². The molecule has 0 bridgehead atoms. The minimum absolute atomic E-state index is 0.295. The summed E-state index contributed by atoms with van der Waals surface area (Å²) in [5.41, 5.74) is 7.75. The zero-order valence-corrected chi connectivity index (χ0v) is 5.59. The quantitative estimate of drug-likeness (QED) is 0.259. The molecule has 7 heavy (non-hydrogen) atoms. The fourth-order valence-corrected chi connectivity index (χ4v) is 0.279. The maximum Gasteiger partial charge on any atom is 0.0380 e. The average Bonchev–Trinajstić information content (AvgIpc) is 1.61. The molecule has 1 unspecified atom stereocenters. The lowest BCUT2D eigenvalue weighted by Crippen LogP contribution is -1.91. The predicted molar refractivity (Wildman–Crippen MR) is 32.4 cm³/mol. The highest BCUT2D eigenvalue weighted by atomic mass is 79.9. The van der Waals surface area contributed by atoms with E-state index in [1.54, 1.807) is 0 Å². The molecule has 4 heteroatoms. The Balaban J connectivity index is 3.13. The highest BCUT2D eigenvalue weighted by Gasteiger charge is 1.87. The Bertz CT molecular complexity index is 84.2. The van der Waals surface area contributed by atoms with Gasteiger partial charge in [0.2, 0.25) is 0 Å². The molecule has 0 saturated heterocycles. The Morgan fingerprint density at radius 1 is 2.00 bits per heavy atom. The first-order valence-electron chi connectivity index (χ1n) is 1.92. The van der Waals surface area contributed by atoms with Gasteiger partial charge in [0.1, 0.15) is 0 Å². The van der Waals surface area contributed by atoms with Gasteiger partial charge in [-0.2, -0.15) is 0 Å². The summed E-state index contributed by atoms with van der Waals surface area (Å²) < 4.78 is 0. The van der Waals surface area contributed by atoms with E-state index in [0.717, 1.165) is 0 Å². The number of halogens is 1. The minimum Gasteiger partial charge on any atom is -0.0928 e. The van der Waals surface area contributed by atoms with Gasteiger partial charge in [-0.15, -0.1) is 0 Å². The topological polar surface area (TPSA) is 48.8 Å². The van der Waals surface area contributed by atoms with Gasteiger partial charge >= 0.3 is 0 Å². The first kappa shape index (κ1) is 6.79. The molecule has 0 saturated carbocycles. The lowest BCUT2D eigenvalue weighted by molar-refractivity contribution is 0.956. The maximum atomic E-state index is 7.75. The number of rotatable bonds is 2.